The molecule has 0 unspecified atom stereocenters. The van der Waals surface area contributed by atoms with Crippen molar-refractivity contribution < 1.29 is 4.74 Å². The summed E-state index contributed by atoms with van der Waals surface area (Å²) in [6.45, 7) is 6.15. The monoisotopic (exact) mass is 267 g/mol. The van der Waals surface area contributed by atoms with Crippen LogP contribution in [-0.2, 0) is 0 Å². The first-order valence-electron chi connectivity index (χ1n) is 5.31. The summed E-state index contributed by atoms with van der Waals surface area (Å²) in [4.78, 5) is 5.80. The molecule has 0 fully saturated rings. The maximum absolute atomic E-state index is 6.15. The zero-order valence-corrected chi connectivity index (χ0v) is 11.9. The Bertz CT molecular complexity index is 543. The van der Waals surface area contributed by atoms with E-state index in [0.717, 1.165) is 21.8 Å². The highest BCUT2D eigenvalue weighted by molar-refractivity contribution is 7.15. The van der Waals surface area contributed by atoms with Gasteiger partial charge in [0, 0.05) is 10.4 Å². The summed E-state index contributed by atoms with van der Waals surface area (Å²) in [5.74, 6) is 0.706. The Kier molecular flexibility index (Phi) is 3.40. The predicted octanol–water partition coefficient (Wildman–Crippen LogP) is 4.40. The van der Waals surface area contributed by atoms with Crippen molar-refractivity contribution in [2.45, 2.75) is 20.8 Å². The third-order valence-corrected chi connectivity index (χ3v) is 4.16. The average molecular weight is 268 g/mol. The van der Waals surface area contributed by atoms with Crippen LogP contribution in [0.2, 0.25) is 5.02 Å². The number of hydrogen-bond donors (Lipinski definition) is 0. The number of aromatic nitrogens is 1. The zero-order chi connectivity index (χ0) is 12.6. The molecule has 0 spiro atoms. The summed E-state index contributed by atoms with van der Waals surface area (Å²) >= 11 is 7.84. The molecule has 1 aromatic carbocycles. The molecule has 0 aliphatic carbocycles. The minimum Gasteiger partial charge on any atom is -0.495 e. The third-order valence-electron chi connectivity index (χ3n) is 2.76. The highest BCUT2D eigenvalue weighted by atomic mass is 35.5. The van der Waals surface area contributed by atoms with E-state index in [9.17, 15) is 0 Å². The van der Waals surface area contributed by atoms with E-state index in [0.29, 0.717) is 10.8 Å². The SMILES string of the molecule is COc1cc(C)c(-c2nc(C)c(C)s2)cc1Cl. The molecule has 0 atom stereocenters. The number of nitrogens with zero attached hydrogens (tertiary/aromatic N) is 1. The molecule has 2 aromatic rings. The fourth-order valence-electron chi connectivity index (χ4n) is 1.63. The van der Waals surface area contributed by atoms with Gasteiger partial charge in [-0.3, -0.25) is 0 Å². The fraction of sp³-hybridized carbons (Fsp3) is 0.308. The third kappa shape index (κ3) is 2.31. The molecule has 90 valence electrons. The molecule has 0 radical (unpaired) electrons. The molecule has 0 bridgehead atoms. The van der Waals surface area contributed by atoms with Gasteiger partial charge in [-0.15, -0.1) is 11.3 Å². The van der Waals surface area contributed by atoms with Crippen molar-refractivity contribution in [3.8, 4) is 16.3 Å². The smallest absolute Gasteiger partial charge is 0.137 e. The normalized spacial score (nSPS) is 10.6. The Morgan fingerprint density at radius 2 is 1.94 bits per heavy atom. The van der Waals surface area contributed by atoms with Gasteiger partial charge in [0.05, 0.1) is 17.8 Å². The Balaban J connectivity index is 2.56. The van der Waals surface area contributed by atoms with Gasteiger partial charge >= 0.3 is 0 Å². The van der Waals surface area contributed by atoms with Crippen LogP contribution in [0.1, 0.15) is 16.1 Å². The second-order valence-corrected chi connectivity index (χ2v) is 5.57. The van der Waals surface area contributed by atoms with Crippen LogP contribution < -0.4 is 4.74 Å². The maximum atomic E-state index is 6.15. The molecule has 1 heterocycles. The first kappa shape index (κ1) is 12.4. The molecule has 1 aromatic heterocycles. The van der Waals surface area contributed by atoms with Crippen molar-refractivity contribution in [1.29, 1.82) is 0 Å². The van der Waals surface area contributed by atoms with E-state index < -0.39 is 0 Å². The van der Waals surface area contributed by atoms with Gasteiger partial charge in [-0.2, -0.15) is 0 Å². The van der Waals surface area contributed by atoms with Crippen molar-refractivity contribution in [3.63, 3.8) is 0 Å². The number of hydrogen-bond acceptors (Lipinski definition) is 3. The van der Waals surface area contributed by atoms with Crippen LogP contribution in [0.25, 0.3) is 10.6 Å². The van der Waals surface area contributed by atoms with Crippen molar-refractivity contribution in [3.05, 3.63) is 33.3 Å². The first-order chi connectivity index (χ1) is 8.02. The lowest BCUT2D eigenvalue weighted by atomic mass is 10.1. The number of ether oxygens (including phenoxy) is 1. The molecule has 0 N–H and O–H groups in total. The minimum absolute atomic E-state index is 0.624. The van der Waals surface area contributed by atoms with E-state index in [1.54, 1.807) is 18.4 Å². The lowest BCUT2D eigenvalue weighted by Crippen LogP contribution is -1.89. The van der Waals surface area contributed by atoms with E-state index >= 15 is 0 Å². The Morgan fingerprint density at radius 1 is 1.24 bits per heavy atom. The standard InChI is InChI=1S/C13H14ClNOS/c1-7-5-12(16-4)11(14)6-10(7)13-15-8(2)9(3)17-13/h5-6H,1-4H3. The van der Waals surface area contributed by atoms with Gasteiger partial charge in [0.2, 0.25) is 0 Å². The Morgan fingerprint density at radius 3 is 2.47 bits per heavy atom. The number of benzene rings is 1. The topological polar surface area (TPSA) is 22.1 Å². The summed E-state index contributed by atoms with van der Waals surface area (Å²) in [6.07, 6.45) is 0. The lowest BCUT2D eigenvalue weighted by molar-refractivity contribution is 0.415. The van der Waals surface area contributed by atoms with Gasteiger partial charge < -0.3 is 4.74 Å². The van der Waals surface area contributed by atoms with Crippen LogP contribution in [0.4, 0.5) is 0 Å². The lowest BCUT2D eigenvalue weighted by Gasteiger charge is -2.08. The van der Waals surface area contributed by atoms with E-state index in [2.05, 4.69) is 11.9 Å². The molecule has 0 saturated carbocycles. The summed E-state index contributed by atoms with van der Waals surface area (Å²) in [5.41, 5.74) is 3.29. The summed E-state index contributed by atoms with van der Waals surface area (Å²) in [5, 5.41) is 1.64. The highest BCUT2D eigenvalue weighted by Crippen LogP contribution is 2.35. The van der Waals surface area contributed by atoms with E-state index in [1.165, 1.54) is 4.88 Å². The molecule has 17 heavy (non-hydrogen) atoms. The molecular formula is C13H14ClNOS. The summed E-state index contributed by atoms with van der Waals surface area (Å²) < 4.78 is 5.20. The van der Waals surface area contributed by atoms with Crippen LogP contribution in [0.3, 0.4) is 0 Å². The van der Waals surface area contributed by atoms with E-state index in [4.69, 9.17) is 16.3 Å². The quantitative estimate of drug-likeness (QED) is 0.805. The number of aryl methyl sites for hydroxylation is 3. The molecule has 0 aliphatic heterocycles. The molecule has 0 amide bonds. The number of rotatable bonds is 2. The minimum atomic E-state index is 0.624. The van der Waals surface area contributed by atoms with Crippen LogP contribution in [0.15, 0.2) is 12.1 Å². The number of methoxy groups -OCH3 is 1. The second kappa shape index (κ2) is 4.67. The van der Waals surface area contributed by atoms with Gasteiger partial charge in [0.15, 0.2) is 0 Å². The molecule has 4 heteroatoms. The summed E-state index contributed by atoms with van der Waals surface area (Å²) in [7, 11) is 1.62. The van der Waals surface area contributed by atoms with Gasteiger partial charge in [0.25, 0.3) is 0 Å². The number of thiazole rings is 1. The number of halogens is 1. The molecule has 2 rings (SSSR count). The maximum Gasteiger partial charge on any atom is 0.137 e. The highest BCUT2D eigenvalue weighted by Gasteiger charge is 2.12. The van der Waals surface area contributed by atoms with E-state index in [-0.39, 0.29) is 0 Å². The van der Waals surface area contributed by atoms with Crippen molar-refractivity contribution in [2.75, 3.05) is 7.11 Å². The van der Waals surface area contributed by atoms with Gasteiger partial charge in [-0.1, -0.05) is 11.6 Å². The van der Waals surface area contributed by atoms with Crippen molar-refractivity contribution in [2.24, 2.45) is 0 Å². The van der Waals surface area contributed by atoms with Crippen molar-refractivity contribution >= 4 is 22.9 Å². The van der Waals surface area contributed by atoms with Crippen LogP contribution in [0.5, 0.6) is 5.75 Å². The summed E-state index contributed by atoms with van der Waals surface area (Å²) in [6, 6.07) is 3.87. The predicted molar refractivity (Wildman–Crippen MR) is 73.3 cm³/mol. The Hall–Kier alpha value is -1.06. The average Bonchev–Trinajstić information content (AvgIpc) is 2.61. The zero-order valence-electron chi connectivity index (χ0n) is 10.3. The van der Waals surface area contributed by atoms with Crippen LogP contribution in [0, 0.1) is 20.8 Å². The largest absolute Gasteiger partial charge is 0.495 e. The van der Waals surface area contributed by atoms with Gasteiger partial charge in [-0.05, 0) is 38.5 Å². The van der Waals surface area contributed by atoms with Gasteiger partial charge in [-0.25, -0.2) is 4.98 Å². The fourth-order valence-corrected chi connectivity index (χ4v) is 2.87. The van der Waals surface area contributed by atoms with Crippen molar-refractivity contribution in [1.82, 2.24) is 4.98 Å². The molecule has 0 aliphatic rings. The van der Waals surface area contributed by atoms with Crippen LogP contribution in [-0.4, -0.2) is 12.1 Å². The molecule has 2 nitrogen and oxygen atoms in total. The van der Waals surface area contributed by atoms with E-state index in [1.807, 2.05) is 26.0 Å². The Labute approximate surface area is 110 Å². The molecule has 0 saturated heterocycles. The van der Waals surface area contributed by atoms with Gasteiger partial charge in [0.1, 0.15) is 10.8 Å². The second-order valence-electron chi connectivity index (χ2n) is 3.96. The van der Waals surface area contributed by atoms with Crippen LogP contribution >= 0.6 is 22.9 Å². The first-order valence-corrected chi connectivity index (χ1v) is 6.51. The molecular weight excluding hydrogens is 254 g/mol.